The van der Waals surface area contributed by atoms with Crippen LogP contribution in [0, 0.1) is 5.92 Å². The van der Waals surface area contributed by atoms with Crippen molar-refractivity contribution >= 4 is 6.03 Å². The van der Waals surface area contributed by atoms with Gasteiger partial charge in [-0.3, -0.25) is 0 Å². The molecule has 1 spiro atoms. The highest BCUT2D eigenvalue weighted by molar-refractivity contribution is 5.74. The molecule has 0 aromatic heterocycles. The molecule has 2 amide bonds. The van der Waals surface area contributed by atoms with Gasteiger partial charge in [-0.15, -0.1) is 0 Å². The van der Waals surface area contributed by atoms with Crippen molar-refractivity contribution in [2.75, 3.05) is 67.6 Å². The Labute approximate surface area is 121 Å². The minimum absolute atomic E-state index is 0.0366. The minimum atomic E-state index is -0.317. The fraction of sp³-hybridized carbons (Fsp3) is 0.929. The van der Waals surface area contributed by atoms with Gasteiger partial charge in [0.25, 0.3) is 0 Å². The van der Waals surface area contributed by atoms with Gasteiger partial charge in [-0.25, -0.2) is 4.79 Å². The highest BCUT2D eigenvalue weighted by atomic mass is 16.5. The van der Waals surface area contributed by atoms with Crippen LogP contribution in [-0.4, -0.2) is 94.0 Å². The molecular formula is C14H27N3O3. The van der Waals surface area contributed by atoms with Crippen LogP contribution in [0.5, 0.6) is 0 Å². The summed E-state index contributed by atoms with van der Waals surface area (Å²) in [6.07, 6.45) is 0.961. The molecule has 6 heteroatoms. The third kappa shape index (κ3) is 3.62. The van der Waals surface area contributed by atoms with Crippen LogP contribution < -0.4 is 0 Å². The van der Waals surface area contributed by atoms with E-state index < -0.39 is 0 Å². The first-order valence-corrected chi connectivity index (χ1v) is 7.24. The van der Waals surface area contributed by atoms with Crippen molar-refractivity contribution in [3.63, 3.8) is 0 Å². The third-order valence-corrected chi connectivity index (χ3v) is 3.91. The first-order chi connectivity index (χ1) is 9.42. The molecule has 116 valence electrons. The van der Waals surface area contributed by atoms with Crippen LogP contribution in [0.25, 0.3) is 0 Å². The lowest BCUT2D eigenvalue weighted by Crippen LogP contribution is -2.49. The standard InChI is InChI=1S/C14H27N3O3/c1-15(2)8-12-7-14(20-9-12)10-17(5-6-19-11-14)13(18)16(3)4/h12H,5-11H2,1-4H3/t12-,14+/m1/s1. The Morgan fingerprint density at radius 2 is 2.10 bits per heavy atom. The molecule has 2 fully saturated rings. The fourth-order valence-corrected chi connectivity index (χ4v) is 3.13. The summed E-state index contributed by atoms with van der Waals surface area (Å²) >= 11 is 0. The van der Waals surface area contributed by atoms with Crippen LogP contribution in [0.2, 0.25) is 0 Å². The fourth-order valence-electron chi connectivity index (χ4n) is 3.13. The number of hydrogen-bond acceptors (Lipinski definition) is 4. The average Bonchev–Trinajstić information content (AvgIpc) is 2.62. The first-order valence-electron chi connectivity index (χ1n) is 7.24. The minimum Gasteiger partial charge on any atom is -0.377 e. The van der Waals surface area contributed by atoms with Gasteiger partial charge in [-0.05, 0) is 26.4 Å². The van der Waals surface area contributed by atoms with Gasteiger partial charge in [0.2, 0.25) is 0 Å². The maximum Gasteiger partial charge on any atom is 0.319 e. The highest BCUT2D eigenvalue weighted by Crippen LogP contribution is 2.33. The van der Waals surface area contributed by atoms with E-state index in [1.807, 2.05) is 4.90 Å². The molecule has 6 nitrogen and oxygen atoms in total. The second-order valence-electron chi connectivity index (χ2n) is 6.48. The Balaban J connectivity index is 2.02. The molecule has 0 aromatic carbocycles. The average molecular weight is 285 g/mol. The highest BCUT2D eigenvalue weighted by Gasteiger charge is 2.44. The molecule has 0 aliphatic carbocycles. The van der Waals surface area contributed by atoms with Crippen LogP contribution in [0.1, 0.15) is 6.42 Å². The van der Waals surface area contributed by atoms with Crippen molar-refractivity contribution in [1.82, 2.24) is 14.7 Å². The Kier molecular flexibility index (Phi) is 4.88. The zero-order valence-electron chi connectivity index (χ0n) is 13.1. The largest absolute Gasteiger partial charge is 0.377 e. The summed E-state index contributed by atoms with van der Waals surface area (Å²) < 4.78 is 11.8. The van der Waals surface area contributed by atoms with Gasteiger partial charge < -0.3 is 24.2 Å². The number of urea groups is 1. The van der Waals surface area contributed by atoms with Gasteiger partial charge in [-0.2, -0.15) is 0 Å². The third-order valence-electron chi connectivity index (χ3n) is 3.91. The number of ether oxygens (including phenoxy) is 2. The van der Waals surface area contributed by atoms with Gasteiger partial charge in [0.05, 0.1) is 26.4 Å². The Bertz CT molecular complexity index is 349. The molecule has 0 saturated carbocycles. The number of carbonyl (C=O) groups is 1. The number of carbonyl (C=O) groups excluding carboxylic acids is 1. The van der Waals surface area contributed by atoms with Gasteiger partial charge >= 0.3 is 6.03 Å². The van der Waals surface area contributed by atoms with Gasteiger partial charge in [0.15, 0.2) is 0 Å². The molecule has 0 unspecified atom stereocenters. The topological polar surface area (TPSA) is 45.3 Å². The number of nitrogens with zero attached hydrogens (tertiary/aromatic N) is 3. The second-order valence-corrected chi connectivity index (χ2v) is 6.48. The van der Waals surface area contributed by atoms with Crippen LogP contribution in [-0.2, 0) is 9.47 Å². The van der Waals surface area contributed by atoms with Crippen LogP contribution in [0.4, 0.5) is 4.79 Å². The summed E-state index contributed by atoms with van der Waals surface area (Å²) in [5, 5.41) is 0. The Morgan fingerprint density at radius 1 is 1.35 bits per heavy atom. The molecule has 0 N–H and O–H groups in total. The quantitative estimate of drug-likeness (QED) is 0.734. The normalized spacial score (nSPS) is 30.9. The maximum atomic E-state index is 12.2. The van der Waals surface area contributed by atoms with Crippen molar-refractivity contribution in [1.29, 1.82) is 0 Å². The molecule has 2 aliphatic heterocycles. The lowest BCUT2D eigenvalue weighted by atomic mass is 9.94. The van der Waals surface area contributed by atoms with Crippen molar-refractivity contribution < 1.29 is 14.3 Å². The predicted molar refractivity (Wildman–Crippen MR) is 76.8 cm³/mol. The summed E-state index contributed by atoms with van der Waals surface area (Å²) in [6, 6.07) is 0.0366. The lowest BCUT2D eigenvalue weighted by molar-refractivity contribution is -0.0535. The van der Waals surface area contributed by atoms with Gasteiger partial charge in [0.1, 0.15) is 5.60 Å². The summed E-state index contributed by atoms with van der Waals surface area (Å²) in [4.78, 5) is 17.8. The van der Waals surface area contributed by atoms with Crippen LogP contribution in [0.3, 0.4) is 0 Å². The molecule has 20 heavy (non-hydrogen) atoms. The van der Waals surface area contributed by atoms with Crippen molar-refractivity contribution in [2.45, 2.75) is 12.0 Å². The molecule has 2 rings (SSSR count). The van der Waals surface area contributed by atoms with Gasteiger partial charge in [0, 0.05) is 27.2 Å². The number of hydrogen-bond donors (Lipinski definition) is 0. The monoisotopic (exact) mass is 285 g/mol. The van der Waals surface area contributed by atoms with E-state index in [0.717, 1.165) is 19.6 Å². The first kappa shape index (κ1) is 15.5. The molecule has 2 aliphatic rings. The predicted octanol–water partition coefficient (Wildman–Crippen LogP) is 0.337. The van der Waals surface area contributed by atoms with Crippen molar-refractivity contribution in [2.24, 2.45) is 5.92 Å². The smallest absolute Gasteiger partial charge is 0.319 e. The summed E-state index contributed by atoms with van der Waals surface area (Å²) in [5.41, 5.74) is -0.317. The molecule has 2 atom stereocenters. The van der Waals surface area contributed by atoms with E-state index in [9.17, 15) is 4.79 Å². The summed E-state index contributed by atoms with van der Waals surface area (Å²) in [5.74, 6) is 0.517. The molecule has 2 heterocycles. The van der Waals surface area contributed by atoms with E-state index in [1.165, 1.54) is 0 Å². The zero-order valence-corrected chi connectivity index (χ0v) is 13.1. The second kappa shape index (κ2) is 6.28. The van der Waals surface area contributed by atoms with Crippen molar-refractivity contribution in [3.05, 3.63) is 0 Å². The number of rotatable bonds is 2. The SMILES string of the molecule is CN(C)C[C@@H]1CO[C@@]2(COCCN(C(=O)N(C)C)C2)C1. The van der Waals surface area contributed by atoms with Gasteiger partial charge in [-0.1, -0.05) is 0 Å². The van der Waals surface area contributed by atoms with E-state index in [1.54, 1.807) is 19.0 Å². The Hall–Kier alpha value is -0.850. The maximum absolute atomic E-state index is 12.2. The van der Waals surface area contributed by atoms with E-state index in [0.29, 0.717) is 32.2 Å². The molecule has 0 aromatic rings. The van der Waals surface area contributed by atoms with E-state index in [-0.39, 0.29) is 11.6 Å². The molecular weight excluding hydrogens is 258 g/mol. The van der Waals surface area contributed by atoms with Crippen LogP contribution in [0.15, 0.2) is 0 Å². The van der Waals surface area contributed by atoms with E-state index in [2.05, 4.69) is 19.0 Å². The van der Waals surface area contributed by atoms with E-state index >= 15 is 0 Å². The molecule has 0 radical (unpaired) electrons. The zero-order chi connectivity index (χ0) is 14.8. The summed E-state index contributed by atoms with van der Waals surface area (Å²) in [7, 11) is 7.73. The lowest BCUT2D eigenvalue weighted by Gasteiger charge is -2.32. The van der Waals surface area contributed by atoms with E-state index in [4.69, 9.17) is 9.47 Å². The van der Waals surface area contributed by atoms with Crippen molar-refractivity contribution in [3.8, 4) is 0 Å². The van der Waals surface area contributed by atoms with Crippen LogP contribution >= 0.6 is 0 Å². The Morgan fingerprint density at radius 3 is 2.75 bits per heavy atom. The summed E-state index contributed by atoms with van der Waals surface area (Å²) in [6.45, 7) is 4.22. The molecule has 2 saturated heterocycles. The molecule has 0 bridgehead atoms. The number of amides is 2.